The topological polar surface area (TPSA) is 89.3 Å². The van der Waals surface area contributed by atoms with Gasteiger partial charge in [-0.2, -0.15) is 0 Å². The second kappa shape index (κ2) is 5.42. The Morgan fingerprint density at radius 1 is 1.50 bits per heavy atom. The van der Waals surface area contributed by atoms with Crippen LogP contribution in [0.5, 0.6) is 0 Å². The summed E-state index contributed by atoms with van der Waals surface area (Å²) in [5.74, 6) is -0.997. The largest absolute Gasteiger partial charge is 0.349 e. The van der Waals surface area contributed by atoms with E-state index in [1.165, 1.54) is 0 Å². The van der Waals surface area contributed by atoms with Crippen LogP contribution in [0.25, 0.3) is 0 Å². The van der Waals surface area contributed by atoms with E-state index < -0.39 is 26.6 Å². The standard InChI is InChI=1S/C12H14BrFN2O3S/c1-6(7-2-3-7)16-12(17)8-4-11(20(15,18)19)10(14)5-9(8)13/h4-7H,2-3H2,1H3,(H,16,17)(H2,15,18,19). The number of hydrogen-bond acceptors (Lipinski definition) is 3. The molecule has 1 unspecified atom stereocenters. The molecule has 1 saturated carbocycles. The van der Waals surface area contributed by atoms with E-state index in [0.717, 1.165) is 25.0 Å². The minimum Gasteiger partial charge on any atom is -0.349 e. The van der Waals surface area contributed by atoms with E-state index in [9.17, 15) is 17.6 Å². The van der Waals surface area contributed by atoms with Crippen LogP contribution in [-0.4, -0.2) is 20.4 Å². The highest BCUT2D eigenvalue weighted by molar-refractivity contribution is 9.10. The van der Waals surface area contributed by atoms with Crippen LogP contribution in [-0.2, 0) is 10.0 Å². The molecule has 0 bridgehead atoms. The third-order valence-electron chi connectivity index (χ3n) is 3.26. The SMILES string of the molecule is CC(NC(=O)c1cc(S(N)(=O)=O)c(F)cc1Br)C1CC1. The fourth-order valence-electron chi connectivity index (χ4n) is 1.92. The van der Waals surface area contributed by atoms with Crippen molar-refractivity contribution in [3.63, 3.8) is 0 Å². The van der Waals surface area contributed by atoms with Gasteiger partial charge in [0.25, 0.3) is 5.91 Å². The number of hydrogen-bond donors (Lipinski definition) is 2. The van der Waals surface area contributed by atoms with Crippen molar-refractivity contribution in [2.45, 2.75) is 30.7 Å². The lowest BCUT2D eigenvalue weighted by atomic mass is 10.1. The number of carbonyl (C=O) groups is 1. The zero-order valence-corrected chi connectivity index (χ0v) is 13.1. The monoisotopic (exact) mass is 364 g/mol. The Labute approximate surface area is 124 Å². The molecule has 5 nitrogen and oxygen atoms in total. The lowest BCUT2D eigenvalue weighted by Crippen LogP contribution is -2.34. The summed E-state index contributed by atoms with van der Waals surface area (Å²) in [5.41, 5.74) is 0.0444. The molecule has 1 aliphatic carbocycles. The molecule has 0 aliphatic heterocycles. The summed E-state index contributed by atoms with van der Waals surface area (Å²) in [6, 6.07) is 1.87. The first-order valence-corrected chi connectivity index (χ1v) is 8.37. The Morgan fingerprint density at radius 2 is 2.10 bits per heavy atom. The van der Waals surface area contributed by atoms with Gasteiger partial charge in [-0.1, -0.05) is 0 Å². The molecule has 8 heteroatoms. The Kier molecular flexibility index (Phi) is 4.17. The molecular formula is C12H14BrFN2O3S. The molecule has 110 valence electrons. The number of benzene rings is 1. The zero-order valence-electron chi connectivity index (χ0n) is 10.7. The van der Waals surface area contributed by atoms with Gasteiger partial charge in [0.05, 0.1) is 5.56 Å². The Balaban J connectivity index is 2.33. The molecule has 0 heterocycles. The molecule has 0 radical (unpaired) electrons. The van der Waals surface area contributed by atoms with Crippen molar-refractivity contribution in [2.75, 3.05) is 0 Å². The van der Waals surface area contributed by atoms with E-state index in [1.807, 2.05) is 6.92 Å². The molecule has 1 fully saturated rings. The van der Waals surface area contributed by atoms with Gasteiger partial charge in [-0.3, -0.25) is 4.79 Å². The van der Waals surface area contributed by atoms with Gasteiger partial charge in [-0.05, 0) is 53.7 Å². The van der Waals surface area contributed by atoms with Crippen molar-refractivity contribution in [1.29, 1.82) is 0 Å². The van der Waals surface area contributed by atoms with Gasteiger partial charge < -0.3 is 5.32 Å². The highest BCUT2D eigenvalue weighted by Gasteiger charge is 2.30. The van der Waals surface area contributed by atoms with E-state index in [2.05, 4.69) is 21.2 Å². The highest BCUT2D eigenvalue weighted by Crippen LogP contribution is 2.32. The first-order chi connectivity index (χ1) is 9.20. The van der Waals surface area contributed by atoms with Crippen LogP contribution in [0.2, 0.25) is 0 Å². The van der Waals surface area contributed by atoms with Crippen molar-refractivity contribution >= 4 is 31.9 Å². The molecule has 0 spiro atoms. The molecule has 0 saturated heterocycles. The van der Waals surface area contributed by atoms with Crippen LogP contribution in [0.15, 0.2) is 21.5 Å². The number of rotatable bonds is 4. The fraction of sp³-hybridized carbons (Fsp3) is 0.417. The molecule has 0 aromatic heterocycles. The number of nitrogens with two attached hydrogens (primary N) is 1. The lowest BCUT2D eigenvalue weighted by molar-refractivity contribution is 0.0934. The number of amides is 1. The smallest absolute Gasteiger partial charge is 0.252 e. The average molecular weight is 365 g/mol. The van der Waals surface area contributed by atoms with Crippen LogP contribution in [0.3, 0.4) is 0 Å². The lowest BCUT2D eigenvalue weighted by Gasteiger charge is -2.14. The molecule has 1 aromatic carbocycles. The van der Waals surface area contributed by atoms with Crippen LogP contribution in [0.1, 0.15) is 30.1 Å². The first kappa shape index (κ1) is 15.4. The van der Waals surface area contributed by atoms with Gasteiger partial charge in [0.2, 0.25) is 10.0 Å². The van der Waals surface area contributed by atoms with Crippen molar-refractivity contribution in [1.82, 2.24) is 5.32 Å². The molecule has 20 heavy (non-hydrogen) atoms. The van der Waals surface area contributed by atoms with E-state index in [0.29, 0.717) is 5.92 Å². The van der Waals surface area contributed by atoms with Crippen molar-refractivity contribution in [3.05, 3.63) is 28.0 Å². The molecular weight excluding hydrogens is 351 g/mol. The minimum atomic E-state index is -4.21. The predicted octanol–water partition coefficient (Wildman–Crippen LogP) is 1.76. The van der Waals surface area contributed by atoms with E-state index in [-0.39, 0.29) is 16.1 Å². The van der Waals surface area contributed by atoms with Crippen molar-refractivity contribution in [2.24, 2.45) is 11.1 Å². The van der Waals surface area contributed by atoms with Crippen LogP contribution < -0.4 is 10.5 Å². The van der Waals surface area contributed by atoms with Gasteiger partial charge in [-0.15, -0.1) is 0 Å². The fourth-order valence-corrected chi connectivity index (χ4v) is 3.03. The predicted molar refractivity (Wildman–Crippen MR) is 75.1 cm³/mol. The van der Waals surface area contributed by atoms with Gasteiger partial charge >= 0.3 is 0 Å². The highest BCUT2D eigenvalue weighted by atomic mass is 79.9. The van der Waals surface area contributed by atoms with Crippen LogP contribution in [0.4, 0.5) is 4.39 Å². The van der Waals surface area contributed by atoms with Gasteiger partial charge in [0.1, 0.15) is 10.7 Å². The molecule has 1 atom stereocenters. The maximum atomic E-state index is 13.6. The van der Waals surface area contributed by atoms with Crippen molar-refractivity contribution in [3.8, 4) is 0 Å². The Morgan fingerprint density at radius 3 is 2.60 bits per heavy atom. The summed E-state index contributed by atoms with van der Waals surface area (Å²) >= 11 is 3.05. The summed E-state index contributed by atoms with van der Waals surface area (Å²) in [4.78, 5) is 11.4. The van der Waals surface area contributed by atoms with Crippen molar-refractivity contribution < 1.29 is 17.6 Å². The van der Waals surface area contributed by atoms with E-state index >= 15 is 0 Å². The van der Waals surface area contributed by atoms with Gasteiger partial charge in [0.15, 0.2) is 0 Å². The van der Waals surface area contributed by atoms with Gasteiger partial charge in [-0.25, -0.2) is 17.9 Å². The normalized spacial score (nSPS) is 16.8. The van der Waals surface area contributed by atoms with Crippen LogP contribution >= 0.6 is 15.9 Å². The number of carbonyl (C=O) groups excluding carboxylic acids is 1. The second-order valence-corrected chi connectivity index (χ2v) is 7.29. The molecule has 1 aromatic rings. The number of sulfonamides is 1. The van der Waals surface area contributed by atoms with E-state index in [4.69, 9.17) is 5.14 Å². The summed E-state index contributed by atoms with van der Waals surface area (Å²) in [6.07, 6.45) is 2.13. The zero-order chi connectivity index (χ0) is 15.1. The summed E-state index contributed by atoms with van der Waals surface area (Å²) in [6.45, 7) is 1.88. The Hall–Kier alpha value is -0.990. The number of nitrogens with one attached hydrogen (secondary N) is 1. The number of primary sulfonamides is 1. The minimum absolute atomic E-state index is 0.00242. The first-order valence-electron chi connectivity index (χ1n) is 6.03. The molecule has 2 rings (SSSR count). The molecule has 1 aliphatic rings. The average Bonchev–Trinajstić information content (AvgIpc) is 3.10. The number of halogens is 2. The van der Waals surface area contributed by atoms with Gasteiger partial charge in [0, 0.05) is 10.5 Å². The molecule has 3 N–H and O–H groups in total. The third kappa shape index (κ3) is 3.36. The van der Waals surface area contributed by atoms with Crippen LogP contribution in [0, 0.1) is 11.7 Å². The quantitative estimate of drug-likeness (QED) is 0.852. The maximum Gasteiger partial charge on any atom is 0.252 e. The maximum absolute atomic E-state index is 13.6. The second-order valence-electron chi connectivity index (χ2n) is 4.91. The Bertz CT molecular complexity index is 659. The summed E-state index contributed by atoms with van der Waals surface area (Å²) in [5, 5.41) is 7.69. The summed E-state index contributed by atoms with van der Waals surface area (Å²) < 4.78 is 36.3. The van der Waals surface area contributed by atoms with E-state index in [1.54, 1.807) is 0 Å². The third-order valence-corrected chi connectivity index (χ3v) is 4.84. The molecule has 1 amide bonds. The summed E-state index contributed by atoms with van der Waals surface area (Å²) in [7, 11) is -4.21.